The first-order valence-corrected chi connectivity index (χ1v) is 8.25. The van der Waals surface area contributed by atoms with Gasteiger partial charge in [-0.05, 0) is 44.1 Å². The molecular weight excluding hydrogens is 356 g/mol. The van der Waals surface area contributed by atoms with Crippen molar-refractivity contribution in [1.82, 2.24) is 10.2 Å². The summed E-state index contributed by atoms with van der Waals surface area (Å²) in [6.45, 7) is -1.45. The van der Waals surface area contributed by atoms with Crippen LogP contribution in [0.3, 0.4) is 0 Å². The lowest BCUT2D eigenvalue weighted by molar-refractivity contribution is -0.126. The molecule has 1 aromatic carbocycles. The van der Waals surface area contributed by atoms with E-state index in [9.17, 15) is 18.4 Å². The van der Waals surface area contributed by atoms with Crippen LogP contribution in [0, 0.1) is 5.92 Å². The zero-order valence-corrected chi connectivity index (χ0v) is 14.5. The number of benzene rings is 1. The van der Waals surface area contributed by atoms with Crippen molar-refractivity contribution in [2.45, 2.75) is 19.5 Å². The predicted octanol–water partition coefficient (Wildman–Crippen LogP) is 2.34. The van der Waals surface area contributed by atoms with Crippen LogP contribution in [-0.4, -0.2) is 50.0 Å². The Morgan fingerprint density at radius 1 is 1.36 bits per heavy atom. The number of halogens is 3. The molecule has 0 radical (unpaired) electrons. The summed E-state index contributed by atoms with van der Waals surface area (Å²) < 4.78 is 28.6. The first-order valence-electron chi connectivity index (χ1n) is 7.87. The average Bonchev–Trinajstić information content (AvgIpc) is 2.57. The Kier molecular flexibility index (Phi) is 6.95. The standard InChI is InChI=1S/C16H20ClF2N3O3/c1-20-15(24)10-4-6-22(7-5-10)9-14(23)21-11-2-3-13(12(17)8-11)25-16(18)19/h2-3,8,10,16H,4-7,9H2,1H3,(H,20,24)(H,21,23). The Morgan fingerprint density at radius 2 is 2.04 bits per heavy atom. The van der Waals surface area contributed by atoms with Gasteiger partial charge in [0.2, 0.25) is 11.8 Å². The van der Waals surface area contributed by atoms with Crippen molar-refractivity contribution in [3.8, 4) is 5.75 Å². The molecule has 0 atom stereocenters. The van der Waals surface area contributed by atoms with Crippen molar-refractivity contribution in [1.29, 1.82) is 0 Å². The number of nitrogens with zero attached hydrogens (tertiary/aromatic N) is 1. The summed E-state index contributed by atoms with van der Waals surface area (Å²) in [7, 11) is 1.62. The minimum atomic E-state index is -2.96. The van der Waals surface area contributed by atoms with E-state index < -0.39 is 6.61 Å². The van der Waals surface area contributed by atoms with Gasteiger partial charge in [0.05, 0.1) is 11.6 Å². The maximum absolute atomic E-state index is 12.2. The molecule has 0 aromatic heterocycles. The highest BCUT2D eigenvalue weighted by Gasteiger charge is 2.25. The lowest BCUT2D eigenvalue weighted by Crippen LogP contribution is -2.42. The van der Waals surface area contributed by atoms with E-state index in [1.54, 1.807) is 7.05 Å². The van der Waals surface area contributed by atoms with E-state index in [2.05, 4.69) is 15.4 Å². The molecule has 1 aliphatic rings. The minimum absolute atomic E-state index is 0.00880. The Bertz CT molecular complexity index is 623. The normalized spacial score (nSPS) is 15.9. The maximum atomic E-state index is 12.2. The molecule has 6 nitrogen and oxygen atoms in total. The number of anilines is 1. The predicted molar refractivity (Wildman–Crippen MR) is 89.9 cm³/mol. The van der Waals surface area contributed by atoms with Gasteiger partial charge in [-0.25, -0.2) is 0 Å². The van der Waals surface area contributed by atoms with E-state index in [0.29, 0.717) is 31.6 Å². The van der Waals surface area contributed by atoms with Gasteiger partial charge in [-0.1, -0.05) is 11.6 Å². The molecule has 2 rings (SSSR count). The van der Waals surface area contributed by atoms with E-state index in [0.717, 1.165) is 0 Å². The van der Waals surface area contributed by atoms with Crippen molar-refractivity contribution in [2.24, 2.45) is 5.92 Å². The number of ether oxygens (including phenoxy) is 1. The highest BCUT2D eigenvalue weighted by molar-refractivity contribution is 6.32. The van der Waals surface area contributed by atoms with Crippen LogP contribution in [0.4, 0.5) is 14.5 Å². The Labute approximate surface area is 149 Å². The van der Waals surface area contributed by atoms with Crippen LogP contribution in [0.25, 0.3) is 0 Å². The summed E-state index contributed by atoms with van der Waals surface area (Å²) in [4.78, 5) is 25.6. The van der Waals surface area contributed by atoms with Crippen LogP contribution in [-0.2, 0) is 9.59 Å². The van der Waals surface area contributed by atoms with Crippen LogP contribution >= 0.6 is 11.6 Å². The monoisotopic (exact) mass is 375 g/mol. The van der Waals surface area contributed by atoms with Gasteiger partial charge in [-0.15, -0.1) is 0 Å². The zero-order valence-electron chi connectivity index (χ0n) is 13.7. The van der Waals surface area contributed by atoms with Crippen molar-refractivity contribution in [3.05, 3.63) is 23.2 Å². The van der Waals surface area contributed by atoms with Gasteiger partial charge >= 0.3 is 6.61 Å². The third kappa shape index (κ3) is 5.82. The van der Waals surface area contributed by atoms with Crippen LogP contribution in [0.15, 0.2) is 18.2 Å². The van der Waals surface area contributed by atoms with Crippen LogP contribution < -0.4 is 15.4 Å². The van der Waals surface area contributed by atoms with E-state index in [1.807, 2.05) is 4.90 Å². The third-order valence-electron chi connectivity index (χ3n) is 4.00. The van der Waals surface area contributed by atoms with Crippen molar-refractivity contribution >= 4 is 29.1 Å². The molecule has 0 unspecified atom stereocenters. The number of nitrogens with one attached hydrogen (secondary N) is 2. The second-order valence-corrected chi connectivity index (χ2v) is 6.14. The van der Waals surface area contributed by atoms with Gasteiger partial charge in [-0.2, -0.15) is 8.78 Å². The van der Waals surface area contributed by atoms with Crippen LogP contribution in [0.2, 0.25) is 5.02 Å². The number of piperidine rings is 1. The second kappa shape index (κ2) is 8.96. The Morgan fingerprint density at radius 3 is 2.60 bits per heavy atom. The number of hydrogen-bond acceptors (Lipinski definition) is 4. The summed E-state index contributed by atoms with van der Waals surface area (Å²) in [5, 5.41) is 5.30. The summed E-state index contributed by atoms with van der Waals surface area (Å²) >= 11 is 5.85. The fraction of sp³-hybridized carbons (Fsp3) is 0.500. The lowest BCUT2D eigenvalue weighted by Gasteiger charge is -2.30. The van der Waals surface area contributed by atoms with E-state index >= 15 is 0 Å². The van der Waals surface area contributed by atoms with Gasteiger partial charge < -0.3 is 15.4 Å². The summed E-state index contributed by atoms with van der Waals surface area (Å²) in [6.07, 6.45) is 1.41. The van der Waals surface area contributed by atoms with Gasteiger partial charge in [-0.3, -0.25) is 14.5 Å². The Balaban J connectivity index is 1.83. The summed E-state index contributed by atoms with van der Waals surface area (Å²) in [5.74, 6) is -0.363. The SMILES string of the molecule is CNC(=O)C1CCN(CC(=O)Nc2ccc(OC(F)F)c(Cl)c2)CC1. The van der Waals surface area contributed by atoms with E-state index in [-0.39, 0.29) is 35.0 Å². The van der Waals surface area contributed by atoms with Crippen LogP contribution in [0.5, 0.6) is 5.75 Å². The van der Waals surface area contributed by atoms with Gasteiger partial charge in [0.1, 0.15) is 5.75 Å². The molecule has 0 bridgehead atoms. The summed E-state index contributed by atoms with van der Waals surface area (Å²) in [5.41, 5.74) is 0.400. The molecule has 1 heterocycles. The number of hydrogen-bond donors (Lipinski definition) is 2. The second-order valence-electron chi connectivity index (χ2n) is 5.74. The van der Waals surface area contributed by atoms with Crippen molar-refractivity contribution < 1.29 is 23.1 Å². The molecular formula is C16H20ClF2N3O3. The number of carbonyl (C=O) groups is 2. The van der Waals surface area contributed by atoms with Crippen LogP contribution in [0.1, 0.15) is 12.8 Å². The average molecular weight is 376 g/mol. The van der Waals surface area contributed by atoms with Crippen molar-refractivity contribution in [3.63, 3.8) is 0 Å². The van der Waals surface area contributed by atoms with Crippen molar-refractivity contribution in [2.75, 3.05) is 32.0 Å². The third-order valence-corrected chi connectivity index (χ3v) is 4.30. The number of amides is 2. The topological polar surface area (TPSA) is 70.7 Å². The Hall–Kier alpha value is -1.93. The summed E-state index contributed by atoms with van der Waals surface area (Å²) in [6, 6.07) is 4.08. The van der Waals surface area contributed by atoms with E-state index in [1.165, 1.54) is 18.2 Å². The molecule has 1 aromatic rings. The zero-order chi connectivity index (χ0) is 18.4. The fourth-order valence-corrected chi connectivity index (χ4v) is 2.96. The minimum Gasteiger partial charge on any atom is -0.433 e. The van der Waals surface area contributed by atoms with Gasteiger partial charge in [0.25, 0.3) is 0 Å². The molecule has 2 amide bonds. The number of rotatable bonds is 6. The molecule has 0 saturated carbocycles. The maximum Gasteiger partial charge on any atom is 0.387 e. The molecule has 138 valence electrons. The first kappa shape index (κ1) is 19.4. The molecule has 25 heavy (non-hydrogen) atoms. The number of alkyl halides is 2. The molecule has 1 saturated heterocycles. The number of carbonyl (C=O) groups excluding carboxylic acids is 2. The fourth-order valence-electron chi connectivity index (χ4n) is 2.73. The molecule has 9 heteroatoms. The quantitative estimate of drug-likeness (QED) is 0.800. The molecule has 0 spiro atoms. The highest BCUT2D eigenvalue weighted by Crippen LogP contribution is 2.29. The highest BCUT2D eigenvalue weighted by atomic mass is 35.5. The van der Waals surface area contributed by atoms with Gasteiger partial charge in [0, 0.05) is 18.7 Å². The lowest BCUT2D eigenvalue weighted by atomic mass is 9.96. The molecule has 1 fully saturated rings. The van der Waals surface area contributed by atoms with E-state index in [4.69, 9.17) is 11.6 Å². The number of likely N-dealkylation sites (tertiary alicyclic amines) is 1. The molecule has 1 aliphatic heterocycles. The smallest absolute Gasteiger partial charge is 0.387 e. The molecule has 2 N–H and O–H groups in total. The van der Waals surface area contributed by atoms with Gasteiger partial charge in [0.15, 0.2) is 0 Å². The largest absolute Gasteiger partial charge is 0.433 e. The molecule has 0 aliphatic carbocycles. The first-order chi connectivity index (χ1) is 11.9.